The standard InChI is InChI=1S/C15H31N3/c1-14(2,13-5-4-8-18(3)9-13)11-17-12-15(10-16)6-7-15/h13,17H,4-12,16H2,1-3H3. The van der Waals surface area contributed by atoms with E-state index in [-0.39, 0.29) is 0 Å². The molecule has 2 aliphatic rings. The molecule has 106 valence electrons. The molecule has 1 aliphatic carbocycles. The summed E-state index contributed by atoms with van der Waals surface area (Å²) < 4.78 is 0. The summed E-state index contributed by atoms with van der Waals surface area (Å²) in [5.74, 6) is 0.830. The number of nitrogens with zero attached hydrogens (tertiary/aromatic N) is 1. The lowest BCUT2D eigenvalue weighted by atomic mass is 9.74. The molecule has 3 N–H and O–H groups in total. The molecule has 0 aromatic carbocycles. The fourth-order valence-corrected chi connectivity index (χ4v) is 3.23. The van der Waals surface area contributed by atoms with Gasteiger partial charge in [-0.2, -0.15) is 0 Å². The quantitative estimate of drug-likeness (QED) is 0.757. The van der Waals surface area contributed by atoms with Crippen LogP contribution in [0.3, 0.4) is 0 Å². The zero-order valence-electron chi connectivity index (χ0n) is 12.5. The van der Waals surface area contributed by atoms with Crippen LogP contribution in [-0.4, -0.2) is 44.7 Å². The first-order valence-electron chi connectivity index (χ1n) is 7.57. The summed E-state index contributed by atoms with van der Waals surface area (Å²) in [5, 5.41) is 3.69. The van der Waals surface area contributed by atoms with Crippen LogP contribution >= 0.6 is 0 Å². The van der Waals surface area contributed by atoms with Gasteiger partial charge in [0.05, 0.1) is 0 Å². The summed E-state index contributed by atoms with van der Waals surface area (Å²) in [6, 6.07) is 0. The van der Waals surface area contributed by atoms with Crippen LogP contribution in [0.5, 0.6) is 0 Å². The average Bonchev–Trinajstić information content (AvgIpc) is 3.09. The zero-order chi connectivity index (χ0) is 13.2. The molecule has 1 heterocycles. The van der Waals surface area contributed by atoms with E-state index in [1.54, 1.807) is 0 Å². The smallest absolute Gasteiger partial charge is 0.00201 e. The Bertz CT molecular complexity index is 271. The number of nitrogens with two attached hydrogens (primary N) is 1. The molecule has 0 amide bonds. The second kappa shape index (κ2) is 5.48. The highest BCUT2D eigenvalue weighted by molar-refractivity contribution is 4.96. The fraction of sp³-hybridized carbons (Fsp3) is 1.00. The van der Waals surface area contributed by atoms with Crippen molar-refractivity contribution in [1.82, 2.24) is 10.2 Å². The first kappa shape index (κ1) is 14.3. The molecule has 0 bridgehead atoms. The zero-order valence-corrected chi connectivity index (χ0v) is 12.5. The Morgan fingerprint density at radius 1 is 1.39 bits per heavy atom. The monoisotopic (exact) mass is 253 g/mol. The molecule has 2 rings (SSSR count). The largest absolute Gasteiger partial charge is 0.330 e. The minimum atomic E-state index is 0.402. The van der Waals surface area contributed by atoms with Gasteiger partial charge in [0.1, 0.15) is 0 Å². The van der Waals surface area contributed by atoms with Crippen LogP contribution in [-0.2, 0) is 0 Å². The van der Waals surface area contributed by atoms with Crippen LogP contribution in [0.1, 0.15) is 39.5 Å². The molecule has 1 saturated heterocycles. The number of piperidine rings is 1. The maximum Gasteiger partial charge on any atom is 0.00201 e. The van der Waals surface area contributed by atoms with Crippen LogP contribution in [0.4, 0.5) is 0 Å². The van der Waals surface area contributed by atoms with E-state index < -0.39 is 0 Å². The fourth-order valence-electron chi connectivity index (χ4n) is 3.23. The van der Waals surface area contributed by atoms with Gasteiger partial charge < -0.3 is 16.0 Å². The van der Waals surface area contributed by atoms with E-state index >= 15 is 0 Å². The molecule has 1 aliphatic heterocycles. The Balaban J connectivity index is 1.75. The van der Waals surface area contributed by atoms with Crippen molar-refractivity contribution in [3.63, 3.8) is 0 Å². The Hall–Kier alpha value is -0.120. The second-order valence-electron chi connectivity index (χ2n) is 7.40. The molecule has 1 saturated carbocycles. The van der Waals surface area contributed by atoms with Crippen LogP contribution < -0.4 is 11.1 Å². The summed E-state index contributed by atoms with van der Waals surface area (Å²) in [4.78, 5) is 2.48. The van der Waals surface area contributed by atoms with E-state index in [9.17, 15) is 0 Å². The molecular formula is C15H31N3. The molecule has 2 fully saturated rings. The summed E-state index contributed by atoms with van der Waals surface area (Å²) in [5.41, 5.74) is 6.69. The maximum atomic E-state index is 5.83. The Morgan fingerprint density at radius 2 is 2.11 bits per heavy atom. The van der Waals surface area contributed by atoms with Gasteiger partial charge in [-0.3, -0.25) is 0 Å². The predicted octanol–water partition coefficient (Wildman–Crippen LogP) is 1.68. The van der Waals surface area contributed by atoms with Crippen LogP contribution in [0.15, 0.2) is 0 Å². The Morgan fingerprint density at radius 3 is 2.67 bits per heavy atom. The van der Waals surface area contributed by atoms with E-state index in [0.29, 0.717) is 10.8 Å². The number of nitrogens with one attached hydrogen (secondary N) is 1. The molecule has 0 aromatic heterocycles. The summed E-state index contributed by atoms with van der Waals surface area (Å²) in [7, 11) is 2.25. The van der Waals surface area contributed by atoms with Gasteiger partial charge in [-0.15, -0.1) is 0 Å². The molecule has 1 unspecified atom stereocenters. The van der Waals surface area contributed by atoms with E-state index in [4.69, 9.17) is 5.73 Å². The Kier molecular flexibility index (Phi) is 4.35. The van der Waals surface area contributed by atoms with Crippen molar-refractivity contribution in [2.75, 3.05) is 39.8 Å². The lowest BCUT2D eigenvalue weighted by molar-refractivity contribution is 0.102. The molecule has 0 aromatic rings. The van der Waals surface area contributed by atoms with Gasteiger partial charge in [0.25, 0.3) is 0 Å². The van der Waals surface area contributed by atoms with Crippen molar-refractivity contribution in [1.29, 1.82) is 0 Å². The van der Waals surface area contributed by atoms with Gasteiger partial charge in [-0.25, -0.2) is 0 Å². The molecule has 1 atom stereocenters. The number of hydrogen-bond acceptors (Lipinski definition) is 3. The topological polar surface area (TPSA) is 41.3 Å². The van der Waals surface area contributed by atoms with Crippen LogP contribution in [0.2, 0.25) is 0 Å². The lowest BCUT2D eigenvalue weighted by Crippen LogP contribution is -2.45. The average molecular weight is 253 g/mol. The summed E-state index contributed by atoms with van der Waals surface area (Å²) >= 11 is 0. The van der Waals surface area contributed by atoms with Crippen molar-refractivity contribution >= 4 is 0 Å². The van der Waals surface area contributed by atoms with Gasteiger partial charge >= 0.3 is 0 Å². The van der Waals surface area contributed by atoms with E-state index in [0.717, 1.165) is 25.6 Å². The lowest BCUT2D eigenvalue weighted by Gasteiger charge is -2.40. The van der Waals surface area contributed by atoms with Crippen LogP contribution in [0, 0.1) is 16.7 Å². The highest BCUT2D eigenvalue weighted by Crippen LogP contribution is 2.44. The first-order valence-corrected chi connectivity index (χ1v) is 7.57. The Labute approximate surface area is 112 Å². The molecule has 3 nitrogen and oxygen atoms in total. The van der Waals surface area contributed by atoms with Gasteiger partial charge in [-0.05, 0) is 62.6 Å². The van der Waals surface area contributed by atoms with Crippen molar-refractivity contribution in [2.45, 2.75) is 39.5 Å². The number of rotatable bonds is 6. The molecule has 3 heteroatoms. The van der Waals surface area contributed by atoms with Gasteiger partial charge in [0.15, 0.2) is 0 Å². The van der Waals surface area contributed by atoms with Crippen LogP contribution in [0.25, 0.3) is 0 Å². The van der Waals surface area contributed by atoms with E-state index in [2.05, 4.69) is 31.1 Å². The third kappa shape index (κ3) is 3.46. The first-order chi connectivity index (χ1) is 8.47. The third-order valence-electron chi connectivity index (χ3n) is 5.20. The molecule has 18 heavy (non-hydrogen) atoms. The molecule has 0 radical (unpaired) electrons. The number of hydrogen-bond donors (Lipinski definition) is 2. The maximum absolute atomic E-state index is 5.83. The summed E-state index contributed by atoms with van der Waals surface area (Å²) in [6.45, 7) is 10.5. The summed E-state index contributed by atoms with van der Waals surface area (Å²) in [6.07, 6.45) is 5.39. The van der Waals surface area contributed by atoms with Crippen molar-refractivity contribution < 1.29 is 0 Å². The third-order valence-corrected chi connectivity index (χ3v) is 5.20. The normalized spacial score (nSPS) is 28.3. The number of likely N-dealkylation sites (tertiary alicyclic amines) is 1. The highest BCUT2D eigenvalue weighted by Gasteiger charge is 2.41. The van der Waals surface area contributed by atoms with Crippen molar-refractivity contribution in [2.24, 2.45) is 22.5 Å². The highest BCUT2D eigenvalue weighted by atomic mass is 15.1. The van der Waals surface area contributed by atoms with Gasteiger partial charge in [-0.1, -0.05) is 13.8 Å². The van der Waals surface area contributed by atoms with Gasteiger partial charge in [0.2, 0.25) is 0 Å². The SMILES string of the molecule is CN1CCCC(C(C)(C)CNCC2(CN)CC2)C1. The predicted molar refractivity (Wildman–Crippen MR) is 77.6 cm³/mol. The van der Waals surface area contributed by atoms with E-state index in [1.807, 2.05) is 0 Å². The molecule has 0 spiro atoms. The van der Waals surface area contributed by atoms with Crippen molar-refractivity contribution in [3.05, 3.63) is 0 Å². The van der Waals surface area contributed by atoms with Crippen molar-refractivity contribution in [3.8, 4) is 0 Å². The molecular weight excluding hydrogens is 222 g/mol. The second-order valence-corrected chi connectivity index (χ2v) is 7.40. The minimum absolute atomic E-state index is 0.402. The minimum Gasteiger partial charge on any atom is -0.330 e. The van der Waals surface area contributed by atoms with E-state index in [1.165, 1.54) is 38.8 Å². The van der Waals surface area contributed by atoms with Gasteiger partial charge in [0, 0.05) is 19.6 Å².